The number of benzene rings is 3. The summed E-state index contributed by atoms with van der Waals surface area (Å²) >= 11 is 0. The molecule has 1 aromatic heterocycles. The number of hydrogen-bond donors (Lipinski definition) is 0. The van der Waals surface area contributed by atoms with Gasteiger partial charge in [0.05, 0.1) is 30.7 Å². The molecule has 2 aliphatic heterocycles. The van der Waals surface area contributed by atoms with E-state index >= 15 is 0 Å². The molecule has 6 rings (SSSR count). The van der Waals surface area contributed by atoms with E-state index in [0.717, 1.165) is 5.56 Å². The van der Waals surface area contributed by atoms with Gasteiger partial charge in [0.2, 0.25) is 18.0 Å². The first kappa shape index (κ1) is 24.9. The molecule has 0 atom stereocenters. The maximum atomic E-state index is 14.3. The minimum Gasteiger partial charge on any atom is -0.493 e. The highest BCUT2D eigenvalue weighted by Gasteiger charge is 2.40. The van der Waals surface area contributed by atoms with Crippen molar-refractivity contribution in [2.24, 2.45) is 0 Å². The van der Waals surface area contributed by atoms with Crippen LogP contribution in [-0.4, -0.2) is 32.6 Å². The minimum absolute atomic E-state index is 0.00553. The van der Waals surface area contributed by atoms with Gasteiger partial charge in [0.1, 0.15) is 18.1 Å². The molecule has 0 aliphatic carbocycles. The highest BCUT2D eigenvalue weighted by atomic mass is 19.4. The van der Waals surface area contributed by atoms with Gasteiger partial charge in [0.25, 0.3) is 0 Å². The first-order chi connectivity index (χ1) is 18.8. The normalized spacial score (nSPS) is 14.7. The average Bonchev–Trinajstić information content (AvgIpc) is 3.40. The van der Waals surface area contributed by atoms with E-state index in [0.29, 0.717) is 35.1 Å². The molecule has 0 saturated heterocycles. The van der Waals surface area contributed by atoms with Crippen molar-refractivity contribution in [1.29, 1.82) is 0 Å². The second kappa shape index (κ2) is 9.42. The molecule has 39 heavy (non-hydrogen) atoms. The number of alkyl halides is 3. The molecular weight excluding hydrogens is 519 g/mol. The zero-order valence-corrected chi connectivity index (χ0v) is 20.9. The van der Waals surface area contributed by atoms with Gasteiger partial charge in [-0.1, -0.05) is 12.1 Å². The molecule has 0 radical (unpaired) electrons. The molecule has 3 aromatic carbocycles. The summed E-state index contributed by atoms with van der Waals surface area (Å²) in [5.41, 5.74) is -0.324. The van der Waals surface area contributed by atoms with E-state index in [4.69, 9.17) is 28.1 Å². The van der Waals surface area contributed by atoms with Crippen molar-refractivity contribution in [1.82, 2.24) is 4.90 Å². The molecular formula is C28H22F3NO7. The van der Waals surface area contributed by atoms with Crippen LogP contribution in [0.1, 0.15) is 16.9 Å². The summed E-state index contributed by atoms with van der Waals surface area (Å²) in [6.45, 7) is 0.980. The smallest absolute Gasteiger partial charge is 0.450 e. The quantitative estimate of drug-likeness (QED) is 0.324. The lowest BCUT2D eigenvalue weighted by Gasteiger charge is -2.29. The topological polar surface area (TPSA) is 79.6 Å². The Morgan fingerprint density at radius 1 is 0.897 bits per heavy atom. The first-order valence-electron chi connectivity index (χ1n) is 11.9. The Balaban J connectivity index is 1.44. The number of fused-ring (bicyclic) bond motifs is 4. The second-order valence-corrected chi connectivity index (χ2v) is 9.07. The lowest BCUT2D eigenvalue weighted by atomic mass is 9.99. The molecule has 0 bridgehead atoms. The number of hydrogen-bond acceptors (Lipinski definition) is 8. The molecule has 2 aliphatic rings. The SMILES string of the molecule is COc1ccc(-c2c(C(F)(F)F)oc3c4c(ccc3c2=O)OCN(Cc2ccc3c(c2)OCO3)C4)cc1OC. The summed E-state index contributed by atoms with van der Waals surface area (Å²) in [5, 5.41) is 0.0139. The van der Waals surface area contributed by atoms with Crippen molar-refractivity contribution in [3.05, 3.63) is 75.6 Å². The highest BCUT2D eigenvalue weighted by molar-refractivity contribution is 5.87. The van der Waals surface area contributed by atoms with Gasteiger partial charge in [0, 0.05) is 13.1 Å². The third-order valence-electron chi connectivity index (χ3n) is 6.68. The van der Waals surface area contributed by atoms with E-state index < -0.39 is 22.9 Å². The van der Waals surface area contributed by atoms with Gasteiger partial charge in [0.15, 0.2) is 23.0 Å². The predicted octanol–water partition coefficient (Wildman–Crippen LogP) is 5.58. The van der Waals surface area contributed by atoms with Crippen molar-refractivity contribution in [3.63, 3.8) is 0 Å². The molecule has 0 fully saturated rings. The fourth-order valence-corrected chi connectivity index (χ4v) is 4.86. The maximum Gasteiger partial charge on any atom is 0.450 e. The molecule has 11 heteroatoms. The van der Waals surface area contributed by atoms with Gasteiger partial charge in [-0.05, 0) is 47.5 Å². The van der Waals surface area contributed by atoms with Crippen molar-refractivity contribution in [2.45, 2.75) is 19.3 Å². The molecule has 0 unspecified atom stereocenters. The van der Waals surface area contributed by atoms with E-state index in [9.17, 15) is 18.0 Å². The van der Waals surface area contributed by atoms with Gasteiger partial charge in [-0.25, -0.2) is 0 Å². The summed E-state index contributed by atoms with van der Waals surface area (Å²) < 4.78 is 75.5. The van der Waals surface area contributed by atoms with Crippen LogP contribution in [-0.2, 0) is 19.3 Å². The molecule has 3 heterocycles. The molecule has 4 aromatic rings. The average molecular weight is 541 g/mol. The van der Waals surface area contributed by atoms with E-state index in [1.54, 1.807) is 12.1 Å². The molecule has 0 spiro atoms. The number of ether oxygens (including phenoxy) is 5. The van der Waals surface area contributed by atoms with Crippen LogP contribution in [0.15, 0.2) is 57.7 Å². The van der Waals surface area contributed by atoms with Crippen LogP contribution in [0.3, 0.4) is 0 Å². The second-order valence-electron chi connectivity index (χ2n) is 9.07. The first-order valence-corrected chi connectivity index (χ1v) is 11.9. The summed E-state index contributed by atoms with van der Waals surface area (Å²) in [7, 11) is 2.76. The van der Waals surface area contributed by atoms with Crippen LogP contribution in [0.5, 0.6) is 28.7 Å². The largest absolute Gasteiger partial charge is 0.493 e. The number of rotatable bonds is 5. The van der Waals surface area contributed by atoms with Crippen LogP contribution in [0.2, 0.25) is 0 Å². The lowest BCUT2D eigenvalue weighted by molar-refractivity contribution is -0.152. The Morgan fingerprint density at radius 2 is 1.67 bits per heavy atom. The molecule has 202 valence electrons. The van der Waals surface area contributed by atoms with Crippen LogP contribution in [0.25, 0.3) is 22.1 Å². The monoisotopic (exact) mass is 541 g/mol. The van der Waals surface area contributed by atoms with E-state index in [2.05, 4.69) is 0 Å². The maximum absolute atomic E-state index is 14.3. The fourth-order valence-electron chi connectivity index (χ4n) is 4.86. The standard InChI is InChI=1S/C28H22F3NO7/c1-34-20-7-4-16(10-22(20)35-2)24-25(33)17-5-8-19-18(26(17)39-27(24)28(29,30)31)12-32(13-36-19)11-15-3-6-21-23(9-15)38-14-37-21/h3-10H,11-14H2,1-2H3. The van der Waals surface area contributed by atoms with Crippen molar-refractivity contribution in [2.75, 3.05) is 27.7 Å². The van der Waals surface area contributed by atoms with Gasteiger partial charge in [-0.3, -0.25) is 9.69 Å². The Hall–Kier alpha value is -4.38. The third-order valence-corrected chi connectivity index (χ3v) is 6.68. The summed E-state index contributed by atoms with van der Waals surface area (Å²) in [6, 6.07) is 12.7. The Bertz CT molecular complexity index is 1650. The van der Waals surface area contributed by atoms with Crippen molar-refractivity contribution >= 4 is 11.0 Å². The Morgan fingerprint density at radius 3 is 2.44 bits per heavy atom. The number of halogens is 3. The highest BCUT2D eigenvalue weighted by Crippen LogP contribution is 2.42. The number of methoxy groups -OCH3 is 2. The summed E-state index contributed by atoms with van der Waals surface area (Å²) in [6.07, 6.45) is -4.94. The van der Waals surface area contributed by atoms with Crippen LogP contribution < -0.4 is 29.1 Å². The van der Waals surface area contributed by atoms with Gasteiger partial charge >= 0.3 is 6.18 Å². The molecule has 0 amide bonds. The summed E-state index contributed by atoms with van der Waals surface area (Å²) in [4.78, 5) is 15.5. The molecule has 0 N–H and O–H groups in total. The lowest BCUT2D eigenvalue weighted by Crippen LogP contribution is -2.32. The number of nitrogens with zero attached hydrogens (tertiary/aromatic N) is 1. The Kier molecular flexibility index (Phi) is 6.02. The predicted molar refractivity (Wildman–Crippen MR) is 133 cm³/mol. The zero-order valence-electron chi connectivity index (χ0n) is 20.9. The fraction of sp³-hybridized carbons (Fsp3) is 0.250. The van der Waals surface area contributed by atoms with Crippen LogP contribution >= 0.6 is 0 Å². The zero-order chi connectivity index (χ0) is 27.3. The van der Waals surface area contributed by atoms with Crippen LogP contribution in [0, 0.1) is 0 Å². The van der Waals surface area contributed by atoms with E-state index in [1.807, 2.05) is 17.0 Å². The molecule has 0 saturated carbocycles. The van der Waals surface area contributed by atoms with E-state index in [1.165, 1.54) is 38.5 Å². The minimum atomic E-state index is -4.94. The van der Waals surface area contributed by atoms with E-state index in [-0.39, 0.29) is 42.4 Å². The summed E-state index contributed by atoms with van der Waals surface area (Å²) in [5.74, 6) is 0.735. The van der Waals surface area contributed by atoms with Crippen LogP contribution in [0.4, 0.5) is 13.2 Å². The molecule has 8 nitrogen and oxygen atoms in total. The third kappa shape index (κ3) is 4.38. The van der Waals surface area contributed by atoms with Gasteiger partial charge < -0.3 is 28.1 Å². The van der Waals surface area contributed by atoms with Gasteiger partial charge in [-0.15, -0.1) is 0 Å². The van der Waals surface area contributed by atoms with Crippen molar-refractivity contribution in [3.8, 4) is 39.9 Å². The van der Waals surface area contributed by atoms with Gasteiger partial charge in [-0.2, -0.15) is 13.2 Å². The van der Waals surface area contributed by atoms with Crippen molar-refractivity contribution < 1.29 is 41.3 Å². The Labute approximate surface area is 220 Å².